The molecule has 32 heavy (non-hydrogen) atoms. The summed E-state index contributed by atoms with van der Waals surface area (Å²) in [6.07, 6.45) is 6.38. The largest absolute Gasteiger partial charge is 0.480 e. The van der Waals surface area contributed by atoms with Gasteiger partial charge in [0.25, 0.3) is 0 Å². The molecule has 1 aromatic carbocycles. The lowest BCUT2D eigenvalue weighted by Crippen LogP contribution is -2.58. The summed E-state index contributed by atoms with van der Waals surface area (Å²) >= 11 is 0. The molecule has 3 fully saturated rings. The third-order valence-corrected chi connectivity index (χ3v) is 6.92. The highest BCUT2D eigenvalue weighted by Crippen LogP contribution is 2.40. The molecular formula is C23H33N5O4. The van der Waals surface area contributed by atoms with Gasteiger partial charge in [-0.05, 0) is 30.7 Å². The Morgan fingerprint density at radius 2 is 1.91 bits per heavy atom. The van der Waals surface area contributed by atoms with Crippen LogP contribution < -0.4 is 16.4 Å². The zero-order chi connectivity index (χ0) is 22.7. The van der Waals surface area contributed by atoms with E-state index in [9.17, 15) is 9.59 Å². The lowest BCUT2D eigenvalue weighted by atomic mass is 9.82. The van der Waals surface area contributed by atoms with Crippen molar-refractivity contribution in [3.8, 4) is 0 Å². The average molecular weight is 444 g/mol. The fraction of sp³-hybridized carbons (Fsp3) is 0.609. The number of nitrogen functional groups attached to an aromatic ring is 1. The number of rotatable bonds is 10. The lowest BCUT2D eigenvalue weighted by Gasteiger charge is -2.39. The molecule has 0 bridgehead atoms. The van der Waals surface area contributed by atoms with Crippen molar-refractivity contribution in [3.05, 3.63) is 35.4 Å². The van der Waals surface area contributed by atoms with E-state index >= 15 is 0 Å². The number of benzene rings is 1. The molecule has 1 aromatic rings. The number of amides is 1. The topological polar surface area (TPSA) is 144 Å². The van der Waals surface area contributed by atoms with Gasteiger partial charge in [0.05, 0.1) is 12.6 Å². The van der Waals surface area contributed by atoms with Gasteiger partial charge in [-0.1, -0.05) is 43.5 Å². The molecule has 0 spiro atoms. The SMILES string of the molecule is N=C(N)c1ccc(CNC(=O)[C@@H]2CCN2C2OC2[C@H](NCC(=O)O)C2CCCCC2)cc1. The molecule has 4 atom stereocenters. The minimum absolute atomic E-state index is 0.0144. The van der Waals surface area contributed by atoms with Crippen molar-refractivity contribution >= 4 is 17.7 Å². The first-order valence-electron chi connectivity index (χ1n) is 11.5. The average Bonchev–Trinajstić information content (AvgIpc) is 3.52. The van der Waals surface area contributed by atoms with E-state index in [1.54, 1.807) is 12.1 Å². The highest BCUT2D eigenvalue weighted by atomic mass is 16.6. The fourth-order valence-electron chi connectivity index (χ4n) is 5.00. The number of carboxylic acids is 1. The zero-order valence-electron chi connectivity index (χ0n) is 18.3. The Morgan fingerprint density at radius 3 is 2.50 bits per heavy atom. The number of hydrogen-bond acceptors (Lipinski definition) is 6. The van der Waals surface area contributed by atoms with Gasteiger partial charge < -0.3 is 26.2 Å². The van der Waals surface area contributed by atoms with Crippen molar-refractivity contribution < 1.29 is 19.4 Å². The predicted molar refractivity (Wildman–Crippen MR) is 119 cm³/mol. The van der Waals surface area contributed by atoms with Crippen LogP contribution in [0.25, 0.3) is 0 Å². The van der Waals surface area contributed by atoms with Crippen molar-refractivity contribution in [2.75, 3.05) is 13.1 Å². The standard InChI is InChI=1S/C23H33N5O4/c24-21(25)16-8-6-14(7-9-16)12-27-22(31)17-10-11-28(17)23-20(32-23)19(26-13-18(29)30)15-4-2-1-3-5-15/h6-9,15,17,19-20,23,26H,1-5,10-13H2,(H3,24,25)(H,27,31)(H,29,30)/t17-,19+,20?,23?/m0/s1. The molecule has 9 nitrogen and oxygen atoms in total. The van der Waals surface area contributed by atoms with Crippen molar-refractivity contribution in [2.45, 2.75) is 69.5 Å². The number of carboxylic acid groups (broad SMARTS) is 1. The van der Waals surface area contributed by atoms with Gasteiger partial charge in [-0.2, -0.15) is 0 Å². The Labute approximate surface area is 188 Å². The molecule has 2 aliphatic heterocycles. The van der Waals surface area contributed by atoms with E-state index in [0.29, 0.717) is 18.0 Å². The first kappa shape index (κ1) is 22.7. The fourth-order valence-corrected chi connectivity index (χ4v) is 5.00. The van der Waals surface area contributed by atoms with Gasteiger partial charge in [0.2, 0.25) is 5.91 Å². The highest BCUT2D eigenvalue weighted by molar-refractivity contribution is 5.94. The number of nitrogens with two attached hydrogens (primary N) is 1. The van der Waals surface area contributed by atoms with E-state index in [1.807, 2.05) is 12.1 Å². The summed E-state index contributed by atoms with van der Waals surface area (Å²) in [5.41, 5.74) is 7.08. The second kappa shape index (κ2) is 9.97. The van der Waals surface area contributed by atoms with Crippen molar-refractivity contribution in [1.82, 2.24) is 15.5 Å². The van der Waals surface area contributed by atoms with E-state index in [0.717, 1.165) is 31.4 Å². The molecule has 2 saturated heterocycles. The van der Waals surface area contributed by atoms with Gasteiger partial charge in [0.15, 0.2) is 0 Å². The molecule has 0 radical (unpaired) electrons. The van der Waals surface area contributed by atoms with Crippen LogP contribution in [0.5, 0.6) is 0 Å². The normalized spacial score (nSPS) is 26.7. The number of ether oxygens (including phenoxy) is 1. The molecule has 174 valence electrons. The molecule has 4 rings (SSSR count). The van der Waals surface area contributed by atoms with Crippen LogP contribution in [0.2, 0.25) is 0 Å². The Kier molecular flexibility index (Phi) is 7.07. The number of likely N-dealkylation sites (tertiary alicyclic amines) is 1. The second-order valence-electron chi connectivity index (χ2n) is 9.06. The maximum atomic E-state index is 12.8. The Hall–Kier alpha value is -2.49. The number of epoxide rings is 1. The van der Waals surface area contributed by atoms with Gasteiger partial charge in [-0.15, -0.1) is 0 Å². The quantitative estimate of drug-likeness (QED) is 0.206. The highest BCUT2D eigenvalue weighted by Gasteiger charge is 2.55. The number of carbonyl (C=O) groups is 2. The van der Waals surface area contributed by atoms with Crippen molar-refractivity contribution in [1.29, 1.82) is 5.41 Å². The van der Waals surface area contributed by atoms with Gasteiger partial charge >= 0.3 is 5.97 Å². The minimum atomic E-state index is -0.861. The second-order valence-corrected chi connectivity index (χ2v) is 9.06. The summed E-state index contributed by atoms with van der Waals surface area (Å²) in [7, 11) is 0. The molecule has 6 N–H and O–H groups in total. The molecule has 1 amide bonds. The summed E-state index contributed by atoms with van der Waals surface area (Å²) < 4.78 is 6.01. The molecule has 0 aromatic heterocycles. The molecule has 1 aliphatic carbocycles. The number of hydrogen-bond donors (Lipinski definition) is 5. The van der Waals surface area contributed by atoms with Crippen LogP contribution in [0, 0.1) is 11.3 Å². The van der Waals surface area contributed by atoms with Gasteiger partial charge in [0, 0.05) is 24.7 Å². The Morgan fingerprint density at radius 1 is 1.19 bits per heavy atom. The lowest BCUT2D eigenvalue weighted by molar-refractivity contribution is -0.136. The number of aliphatic carboxylic acids is 1. The molecule has 1 saturated carbocycles. The van der Waals surface area contributed by atoms with E-state index in [2.05, 4.69) is 15.5 Å². The number of nitrogens with zero attached hydrogens (tertiary/aromatic N) is 1. The zero-order valence-corrected chi connectivity index (χ0v) is 18.3. The summed E-state index contributed by atoms with van der Waals surface area (Å²) in [6.45, 7) is 1.16. The van der Waals surface area contributed by atoms with Crippen LogP contribution in [0.1, 0.15) is 49.7 Å². The third kappa shape index (κ3) is 5.28. The summed E-state index contributed by atoms with van der Waals surface area (Å²) in [6, 6.07) is 7.07. The predicted octanol–water partition coefficient (Wildman–Crippen LogP) is 1.01. The van der Waals surface area contributed by atoms with Crippen molar-refractivity contribution in [2.24, 2.45) is 11.7 Å². The van der Waals surface area contributed by atoms with Crippen molar-refractivity contribution in [3.63, 3.8) is 0 Å². The Balaban J connectivity index is 1.29. The third-order valence-electron chi connectivity index (χ3n) is 6.92. The summed E-state index contributed by atoms with van der Waals surface area (Å²) in [5.74, 6) is -0.437. The maximum Gasteiger partial charge on any atom is 0.317 e. The smallest absolute Gasteiger partial charge is 0.317 e. The van der Waals surface area contributed by atoms with Crippen LogP contribution in [-0.2, 0) is 20.9 Å². The number of amidine groups is 1. The van der Waals surface area contributed by atoms with Crippen LogP contribution in [0.4, 0.5) is 0 Å². The molecule has 2 unspecified atom stereocenters. The van der Waals surface area contributed by atoms with Gasteiger partial charge in [0.1, 0.15) is 18.2 Å². The first-order chi connectivity index (χ1) is 15.4. The molecule has 2 heterocycles. The van der Waals surface area contributed by atoms with Gasteiger partial charge in [-0.25, -0.2) is 0 Å². The van der Waals surface area contributed by atoms with E-state index in [4.69, 9.17) is 21.0 Å². The van der Waals surface area contributed by atoms with E-state index in [1.165, 1.54) is 19.3 Å². The molecule has 3 aliphatic rings. The number of nitrogens with one attached hydrogen (secondary N) is 3. The molecule has 9 heteroatoms. The summed E-state index contributed by atoms with van der Waals surface area (Å²) in [4.78, 5) is 26.0. The Bertz CT molecular complexity index is 839. The van der Waals surface area contributed by atoms with Crippen LogP contribution in [0.3, 0.4) is 0 Å². The molecular weight excluding hydrogens is 410 g/mol. The van der Waals surface area contributed by atoms with E-state index < -0.39 is 5.97 Å². The van der Waals surface area contributed by atoms with Crippen LogP contribution in [0.15, 0.2) is 24.3 Å². The monoisotopic (exact) mass is 443 g/mol. The summed E-state index contributed by atoms with van der Waals surface area (Å²) in [5, 5.41) is 22.8. The maximum absolute atomic E-state index is 12.8. The minimum Gasteiger partial charge on any atom is -0.480 e. The first-order valence-corrected chi connectivity index (χ1v) is 11.5. The van der Waals surface area contributed by atoms with Gasteiger partial charge in [-0.3, -0.25) is 19.9 Å². The van der Waals surface area contributed by atoms with E-state index in [-0.39, 0.29) is 42.7 Å². The number of carbonyl (C=O) groups excluding carboxylic acids is 1. The van der Waals surface area contributed by atoms with Crippen LogP contribution in [-0.4, -0.2) is 65.2 Å². The van der Waals surface area contributed by atoms with Crippen LogP contribution >= 0.6 is 0 Å².